The van der Waals surface area contributed by atoms with Gasteiger partial charge in [-0.05, 0) is 29.7 Å². The minimum Gasteiger partial charge on any atom is -0.465 e. The van der Waals surface area contributed by atoms with Gasteiger partial charge in [0.2, 0.25) is 0 Å². The molecule has 4 nitrogen and oxygen atoms in total. The Morgan fingerprint density at radius 3 is 2.43 bits per heavy atom. The number of nitrogens with zero attached hydrogens (tertiary/aromatic N) is 2. The van der Waals surface area contributed by atoms with Crippen molar-refractivity contribution in [3.8, 4) is 0 Å². The van der Waals surface area contributed by atoms with Gasteiger partial charge >= 0.3 is 5.97 Å². The first-order chi connectivity index (χ1) is 13.7. The number of carbonyl (C=O) groups is 1. The molecule has 150 valence electrons. The molecule has 1 aliphatic rings. The van der Waals surface area contributed by atoms with Crippen LogP contribution in [0.1, 0.15) is 36.9 Å². The zero-order valence-electron chi connectivity index (χ0n) is 16.5. The van der Waals surface area contributed by atoms with Crippen molar-refractivity contribution in [3.05, 3.63) is 70.2 Å². The van der Waals surface area contributed by atoms with E-state index in [1.807, 2.05) is 0 Å². The Morgan fingerprint density at radius 2 is 1.75 bits per heavy atom. The normalized spacial score (nSPS) is 16.6. The van der Waals surface area contributed by atoms with Crippen LogP contribution in [0.5, 0.6) is 0 Å². The molecule has 0 amide bonds. The molecule has 1 saturated heterocycles. The summed E-state index contributed by atoms with van der Waals surface area (Å²) in [4.78, 5) is 16.7. The van der Waals surface area contributed by atoms with E-state index < -0.39 is 0 Å². The van der Waals surface area contributed by atoms with E-state index in [9.17, 15) is 4.79 Å². The second-order valence-electron chi connectivity index (χ2n) is 7.25. The van der Waals surface area contributed by atoms with Crippen molar-refractivity contribution < 1.29 is 9.53 Å². The van der Waals surface area contributed by atoms with Gasteiger partial charge in [-0.3, -0.25) is 14.6 Å². The van der Waals surface area contributed by atoms with Crippen LogP contribution in [0.3, 0.4) is 0 Å². The van der Waals surface area contributed by atoms with E-state index in [4.69, 9.17) is 4.74 Å². The lowest BCUT2D eigenvalue weighted by Gasteiger charge is -2.39. The van der Waals surface area contributed by atoms with Crippen molar-refractivity contribution in [2.24, 2.45) is 0 Å². The van der Waals surface area contributed by atoms with Gasteiger partial charge in [-0.25, -0.2) is 0 Å². The zero-order chi connectivity index (χ0) is 19.8. The standard InChI is InChI=1S/C23H29BrN2O2/c1-2-3-16-28-22(27)18-25-12-14-26(15-13-25)23(19-8-5-4-6-9-19)20-10-7-11-21(24)17-20/h4-11,17,23H,2-3,12-16,18H2,1H3. The number of halogens is 1. The van der Waals surface area contributed by atoms with E-state index in [-0.39, 0.29) is 12.0 Å². The number of ether oxygens (including phenoxy) is 1. The van der Waals surface area contributed by atoms with Crippen LogP contribution < -0.4 is 0 Å². The number of unbranched alkanes of at least 4 members (excludes halogenated alkanes) is 1. The van der Waals surface area contributed by atoms with Crippen LogP contribution in [-0.2, 0) is 9.53 Å². The molecule has 5 heteroatoms. The summed E-state index contributed by atoms with van der Waals surface area (Å²) < 4.78 is 6.41. The summed E-state index contributed by atoms with van der Waals surface area (Å²) in [7, 11) is 0. The van der Waals surface area contributed by atoms with Crippen molar-refractivity contribution in [1.82, 2.24) is 9.80 Å². The van der Waals surface area contributed by atoms with Crippen LogP contribution >= 0.6 is 15.9 Å². The highest BCUT2D eigenvalue weighted by Crippen LogP contribution is 2.31. The summed E-state index contributed by atoms with van der Waals surface area (Å²) in [6.07, 6.45) is 1.98. The van der Waals surface area contributed by atoms with Gasteiger partial charge in [-0.1, -0.05) is 71.7 Å². The quantitative estimate of drug-likeness (QED) is 0.443. The number of hydrogen-bond donors (Lipinski definition) is 0. The number of hydrogen-bond acceptors (Lipinski definition) is 4. The molecule has 1 unspecified atom stereocenters. The van der Waals surface area contributed by atoms with E-state index in [1.165, 1.54) is 11.1 Å². The van der Waals surface area contributed by atoms with Gasteiger partial charge in [0, 0.05) is 30.7 Å². The topological polar surface area (TPSA) is 32.8 Å². The van der Waals surface area contributed by atoms with Gasteiger partial charge in [-0.15, -0.1) is 0 Å². The molecule has 0 saturated carbocycles. The SMILES string of the molecule is CCCCOC(=O)CN1CCN(C(c2ccccc2)c2cccc(Br)c2)CC1. The first-order valence-electron chi connectivity index (χ1n) is 10.1. The zero-order valence-corrected chi connectivity index (χ0v) is 18.1. The van der Waals surface area contributed by atoms with Gasteiger partial charge in [0.25, 0.3) is 0 Å². The number of esters is 1. The molecule has 0 aliphatic carbocycles. The number of benzene rings is 2. The molecule has 28 heavy (non-hydrogen) atoms. The first-order valence-corrected chi connectivity index (χ1v) is 10.9. The molecule has 1 aliphatic heterocycles. The highest BCUT2D eigenvalue weighted by molar-refractivity contribution is 9.10. The third-order valence-electron chi connectivity index (χ3n) is 5.17. The molecule has 1 atom stereocenters. The second-order valence-corrected chi connectivity index (χ2v) is 8.17. The number of rotatable bonds is 8. The Balaban J connectivity index is 1.64. The number of carbonyl (C=O) groups excluding carboxylic acids is 1. The van der Waals surface area contributed by atoms with Crippen LogP contribution in [0.15, 0.2) is 59.1 Å². The van der Waals surface area contributed by atoms with E-state index in [0.29, 0.717) is 13.2 Å². The minimum absolute atomic E-state index is 0.103. The average molecular weight is 445 g/mol. The Morgan fingerprint density at radius 1 is 1.04 bits per heavy atom. The van der Waals surface area contributed by atoms with E-state index in [2.05, 4.69) is 87.3 Å². The summed E-state index contributed by atoms with van der Waals surface area (Å²) in [5.74, 6) is -0.103. The third-order valence-corrected chi connectivity index (χ3v) is 5.66. The fourth-order valence-corrected chi connectivity index (χ4v) is 4.08. The van der Waals surface area contributed by atoms with E-state index in [0.717, 1.165) is 43.5 Å². The molecule has 2 aromatic carbocycles. The smallest absolute Gasteiger partial charge is 0.320 e. The predicted molar refractivity (Wildman–Crippen MR) is 116 cm³/mol. The number of piperazine rings is 1. The highest BCUT2D eigenvalue weighted by Gasteiger charge is 2.27. The Hall–Kier alpha value is -1.69. The molecule has 0 aromatic heterocycles. The minimum atomic E-state index is -0.103. The van der Waals surface area contributed by atoms with Gasteiger partial charge < -0.3 is 4.74 Å². The maximum absolute atomic E-state index is 12.0. The van der Waals surface area contributed by atoms with Crippen molar-refractivity contribution in [2.75, 3.05) is 39.3 Å². The molecular weight excluding hydrogens is 416 g/mol. The van der Waals surface area contributed by atoms with E-state index in [1.54, 1.807) is 0 Å². The lowest BCUT2D eigenvalue weighted by molar-refractivity contribution is -0.145. The van der Waals surface area contributed by atoms with Crippen LogP contribution in [0, 0.1) is 0 Å². The summed E-state index contributed by atoms with van der Waals surface area (Å²) in [5, 5.41) is 0. The lowest BCUT2D eigenvalue weighted by Crippen LogP contribution is -2.49. The fraction of sp³-hybridized carbons (Fsp3) is 0.435. The Labute approximate surface area is 176 Å². The molecule has 0 N–H and O–H groups in total. The Bertz CT molecular complexity index is 745. The van der Waals surface area contributed by atoms with Gasteiger partial charge in [0.1, 0.15) is 0 Å². The van der Waals surface area contributed by atoms with E-state index >= 15 is 0 Å². The summed E-state index contributed by atoms with van der Waals surface area (Å²) >= 11 is 3.61. The van der Waals surface area contributed by atoms with Gasteiger partial charge in [-0.2, -0.15) is 0 Å². The molecular formula is C23H29BrN2O2. The Kier molecular flexibility index (Phi) is 8.07. The largest absolute Gasteiger partial charge is 0.465 e. The predicted octanol–water partition coefficient (Wildman–Crippen LogP) is 4.50. The van der Waals surface area contributed by atoms with Crippen LogP contribution in [-0.4, -0.2) is 55.1 Å². The maximum atomic E-state index is 12.0. The monoisotopic (exact) mass is 444 g/mol. The van der Waals surface area contributed by atoms with Crippen molar-refractivity contribution >= 4 is 21.9 Å². The summed E-state index contributed by atoms with van der Waals surface area (Å²) in [6.45, 7) is 6.63. The van der Waals surface area contributed by atoms with Crippen LogP contribution in [0.4, 0.5) is 0 Å². The molecule has 3 rings (SSSR count). The van der Waals surface area contributed by atoms with Gasteiger partial charge in [0.15, 0.2) is 0 Å². The first kappa shape index (κ1) is 21.0. The maximum Gasteiger partial charge on any atom is 0.320 e. The molecule has 0 bridgehead atoms. The molecule has 0 radical (unpaired) electrons. The van der Waals surface area contributed by atoms with Crippen LogP contribution in [0.25, 0.3) is 0 Å². The van der Waals surface area contributed by atoms with Gasteiger partial charge in [0.05, 0.1) is 19.2 Å². The van der Waals surface area contributed by atoms with Crippen LogP contribution in [0.2, 0.25) is 0 Å². The van der Waals surface area contributed by atoms with Crippen molar-refractivity contribution in [1.29, 1.82) is 0 Å². The molecule has 1 fully saturated rings. The molecule has 1 heterocycles. The molecule has 0 spiro atoms. The molecule has 2 aromatic rings. The highest BCUT2D eigenvalue weighted by atomic mass is 79.9. The summed E-state index contributed by atoms with van der Waals surface area (Å²) in [5.41, 5.74) is 2.58. The van der Waals surface area contributed by atoms with Crippen molar-refractivity contribution in [2.45, 2.75) is 25.8 Å². The summed E-state index contributed by atoms with van der Waals surface area (Å²) in [6, 6.07) is 19.4. The van der Waals surface area contributed by atoms with Crippen molar-refractivity contribution in [3.63, 3.8) is 0 Å². The average Bonchev–Trinajstić information content (AvgIpc) is 2.71. The lowest BCUT2D eigenvalue weighted by atomic mass is 9.96. The third kappa shape index (κ3) is 5.90. The second kappa shape index (κ2) is 10.7. The fourth-order valence-electron chi connectivity index (χ4n) is 3.66.